The van der Waals surface area contributed by atoms with Crippen LogP contribution in [0.25, 0.3) is 0 Å². The van der Waals surface area contributed by atoms with Crippen LogP contribution in [0.1, 0.15) is 40.5 Å². The maximum absolute atomic E-state index is 13.2. The van der Waals surface area contributed by atoms with Crippen molar-refractivity contribution in [1.29, 1.82) is 0 Å². The van der Waals surface area contributed by atoms with E-state index in [-0.39, 0.29) is 11.3 Å². The number of methoxy groups -OCH3 is 1. The molecular weight excluding hydrogens is 384 g/mol. The molecule has 0 spiro atoms. The van der Waals surface area contributed by atoms with Gasteiger partial charge < -0.3 is 9.30 Å². The summed E-state index contributed by atoms with van der Waals surface area (Å²) in [5.41, 5.74) is 1.61. The van der Waals surface area contributed by atoms with Gasteiger partial charge in [0, 0.05) is 12.2 Å². The molecule has 0 fully saturated rings. The summed E-state index contributed by atoms with van der Waals surface area (Å²) in [6.07, 6.45) is 3.44. The number of fused-ring (bicyclic) bond motifs is 1. The van der Waals surface area contributed by atoms with E-state index in [9.17, 15) is 23.3 Å². The van der Waals surface area contributed by atoms with E-state index < -0.39 is 31.7 Å². The van der Waals surface area contributed by atoms with Crippen LogP contribution in [0, 0.1) is 17.0 Å². The molecule has 2 heterocycles. The van der Waals surface area contributed by atoms with E-state index in [1.54, 1.807) is 28.8 Å². The predicted molar refractivity (Wildman–Crippen MR) is 103 cm³/mol. The summed E-state index contributed by atoms with van der Waals surface area (Å²) in [5, 5.41) is 9.89. The maximum Gasteiger partial charge on any atom is 0.328 e. The Balaban J connectivity index is 2.13. The molecule has 0 N–H and O–H groups in total. The van der Waals surface area contributed by atoms with E-state index in [1.807, 2.05) is 6.92 Å². The van der Waals surface area contributed by atoms with Crippen LogP contribution >= 0.6 is 0 Å². The number of hydrogen-bond acceptors (Lipinski definition) is 6. The van der Waals surface area contributed by atoms with Crippen LogP contribution in [0.5, 0.6) is 0 Å². The number of ether oxygens (including phenoxy) is 1. The SMILES string of the molecule is COC(=O)C(c1c([N+](=O)[O-])cn2c1CCCC2)S(=O)(=O)Cc1ccc(C)cc1. The van der Waals surface area contributed by atoms with Gasteiger partial charge in [0.15, 0.2) is 15.1 Å². The van der Waals surface area contributed by atoms with Crippen LogP contribution in [0.15, 0.2) is 30.5 Å². The molecule has 1 aliphatic heterocycles. The monoisotopic (exact) mass is 406 g/mol. The summed E-state index contributed by atoms with van der Waals surface area (Å²) in [6.45, 7) is 2.44. The minimum atomic E-state index is -4.10. The van der Waals surface area contributed by atoms with Crippen molar-refractivity contribution in [2.24, 2.45) is 0 Å². The Hall–Kier alpha value is -2.68. The third-order valence-corrected chi connectivity index (χ3v) is 6.88. The number of carbonyl (C=O) groups excluding carboxylic acids is 1. The highest BCUT2D eigenvalue weighted by Crippen LogP contribution is 2.39. The summed E-state index contributed by atoms with van der Waals surface area (Å²) in [7, 11) is -3.02. The third-order valence-electron chi connectivity index (χ3n) is 5.00. The second kappa shape index (κ2) is 7.75. The van der Waals surface area contributed by atoms with Gasteiger partial charge >= 0.3 is 5.97 Å². The molecule has 1 aromatic heterocycles. The molecule has 8 nitrogen and oxygen atoms in total. The lowest BCUT2D eigenvalue weighted by molar-refractivity contribution is -0.385. The van der Waals surface area contributed by atoms with Crippen LogP contribution in [0.2, 0.25) is 0 Å². The Labute approximate surface area is 163 Å². The number of rotatable bonds is 6. The minimum Gasteiger partial charge on any atom is -0.468 e. The van der Waals surface area contributed by atoms with Crippen LogP contribution in [0.3, 0.4) is 0 Å². The van der Waals surface area contributed by atoms with E-state index in [0.29, 0.717) is 24.2 Å². The number of esters is 1. The average molecular weight is 406 g/mol. The minimum absolute atomic E-state index is 0.0522. The molecule has 0 bridgehead atoms. The van der Waals surface area contributed by atoms with Crippen molar-refractivity contribution in [3.05, 3.63) is 63.0 Å². The van der Waals surface area contributed by atoms with Crippen molar-refractivity contribution < 1.29 is 22.9 Å². The standard InChI is InChI=1S/C19H22N2O6S/c1-13-6-8-14(9-7-13)12-28(25,26)18(19(22)27-2)17-15-5-3-4-10-20(15)11-16(17)21(23)24/h6-9,11,18H,3-5,10,12H2,1-2H3. The van der Waals surface area contributed by atoms with Gasteiger partial charge in [0.25, 0.3) is 5.69 Å². The zero-order valence-electron chi connectivity index (χ0n) is 15.8. The van der Waals surface area contributed by atoms with Crippen molar-refractivity contribution in [1.82, 2.24) is 4.57 Å². The van der Waals surface area contributed by atoms with Gasteiger partial charge in [-0.25, -0.2) is 8.42 Å². The van der Waals surface area contributed by atoms with Crippen molar-refractivity contribution >= 4 is 21.5 Å². The fraction of sp³-hybridized carbons (Fsp3) is 0.421. The summed E-state index contributed by atoms with van der Waals surface area (Å²) >= 11 is 0. The zero-order chi connectivity index (χ0) is 20.5. The number of nitrogens with zero attached hydrogens (tertiary/aromatic N) is 2. The second-order valence-corrected chi connectivity index (χ2v) is 9.06. The largest absolute Gasteiger partial charge is 0.468 e. The highest BCUT2D eigenvalue weighted by Gasteiger charge is 2.43. The molecule has 9 heteroatoms. The Morgan fingerprint density at radius 2 is 1.96 bits per heavy atom. The van der Waals surface area contributed by atoms with Gasteiger partial charge in [-0.2, -0.15) is 0 Å². The molecule has 0 amide bonds. The van der Waals surface area contributed by atoms with E-state index in [2.05, 4.69) is 0 Å². The Bertz CT molecular complexity index is 1010. The molecule has 0 radical (unpaired) electrons. The molecule has 1 atom stereocenters. The van der Waals surface area contributed by atoms with Crippen LogP contribution in [-0.4, -0.2) is 31.0 Å². The number of sulfone groups is 1. The van der Waals surface area contributed by atoms with Gasteiger partial charge in [-0.1, -0.05) is 29.8 Å². The lowest BCUT2D eigenvalue weighted by Crippen LogP contribution is -2.27. The van der Waals surface area contributed by atoms with E-state index in [4.69, 9.17) is 4.74 Å². The quantitative estimate of drug-likeness (QED) is 0.415. The maximum atomic E-state index is 13.2. The van der Waals surface area contributed by atoms with Gasteiger partial charge in [0.2, 0.25) is 0 Å². The molecule has 28 heavy (non-hydrogen) atoms. The smallest absolute Gasteiger partial charge is 0.328 e. The second-order valence-electron chi connectivity index (χ2n) is 6.98. The Kier molecular flexibility index (Phi) is 5.55. The average Bonchev–Trinajstić information content (AvgIpc) is 3.03. The molecule has 1 aromatic carbocycles. The van der Waals surface area contributed by atoms with Crippen LogP contribution in [-0.2, 0) is 38.1 Å². The summed E-state index contributed by atoms with van der Waals surface area (Å²) in [5.74, 6) is -1.41. The van der Waals surface area contributed by atoms with Crippen molar-refractivity contribution in [2.45, 2.75) is 43.7 Å². The Morgan fingerprint density at radius 1 is 1.29 bits per heavy atom. The summed E-state index contributed by atoms with van der Waals surface area (Å²) in [4.78, 5) is 23.5. The summed E-state index contributed by atoms with van der Waals surface area (Å²) < 4.78 is 32.9. The van der Waals surface area contributed by atoms with Gasteiger partial charge in [0.05, 0.1) is 29.5 Å². The van der Waals surface area contributed by atoms with Crippen molar-refractivity contribution in [3.63, 3.8) is 0 Å². The zero-order valence-corrected chi connectivity index (χ0v) is 16.6. The number of hydrogen-bond donors (Lipinski definition) is 0. The number of carbonyl (C=O) groups is 1. The fourth-order valence-corrected chi connectivity index (χ4v) is 5.46. The lowest BCUT2D eigenvalue weighted by Gasteiger charge is -2.20. The Morgan fingerprint density at radius 3 is 2.57 bits per heavy atom. The van der Waals surface area contributed by atoms with Gasteiger partial charge in [0.1, 0.15) is 0 Å². The van der Waals surface area contributed by atoms with E-state index in [0.717, 1.165) is 25.5 Å². The van der Waals surface area contributed by atoms with Gasteiger partial charge in [-0.3, -0.25) is 14.9 Å². The predicted octanol–water partition coefficient (Wildman–Crippen LogP) is 2.87. The molecule has 1 unspecified atom stereocenters. The molecular formula is C19H22N2O6S. The first-order valence-electron chi connectivity index (χ1n) is 8.96. The van der Waals surface area contributed by atoms with Crippen LogP contribution in [0.4, 0.5) is 5.69 Å². The molecule has 0 saturated heterocycles. The topological polar surface area (TPSA) is 109 Å². The first kappa shape index (κ1) is 20.1. The molecule has 0 saturated carbocycles. The number of nitro groups is 1. The molecule has 0 aliphatic carbocycles. The van der Waals surface area contributed by atoms with E-state index >= 15 is 0 Å². The lowest BCUT2D eigenvalue weighted by atomic mass is 10.0. The summed E-state index contributed by atoms with van der Waals surface area (Å²) in [6, 6.07) is 6.90. The highest BCUT2D eigenvalue weighted by molar-refractivity contribution is 7.91. The normalized spacial score (nSPS) is 14.9. The number of benzene rings is 1. The van der Waals surface area contributed by atoms with Gasteiger partial charge in [-0.15, -0.1) is 0 Å². The fourth-order valence-electron chi connectivity index (χ4n) is 3.63. The third kappa shape index (κ3) is 3.80. The van der Waals surface area contributed by atoms with Crippen LogP contribution < -0.4 is 0 Å². The van der Waals surface area contributed by atoms with E-state index in [1.165, 1.54) is 6.20 Å². The molecule has 150 valence electrons. The van der Waals surface area contributed by atoms with Crippen molar-refractivity contribution in [2.75, 3.05) is 7.11 Å². The first-order chi connectivity index (χ1) is 13.2. The number of aromatic nitrogens is 1. The highest BCUT2D eigenvalue weighted by atomic mass is 32.2. The first-order valence-corrected chi connectivity index (χ1v) is 10.7. The number of aryl methyl sites for hydroxylation is 2. The molecule has 1 aliphatic rings. The van der Waals surface area contributed by atoms with Crippen molar-refractivity contribution in [3.8, 4) is 0 Å². The molecule has 2 aromatic rings. The van der Waals surface area contributed by atoms with Gasteiger partial charge in [-0.05, 0) is 31.7 Å². The molecule has 3 rings (SSSR count).